The summed E-state index contributed by atoms with van der Waals surface area (Å²) in [6.45, 7) is -0.196. The van der Waals surface area contributed by atoms with Gasteiger partial charge in [0, 0.05) is 19.6 Å². The molecule has 0 bridgehead atoms. The number of alkyl halides is 6. The van der Waals surface area contributed by atoms with Crippen molar-refractivity contribution in [2.45, 2.75) is 29.4 Å². The van der Waals surface area contributed by atoms with Gasteiger partial charge in [-0.3, -0.25) is 4.79 Å². The van der Waals surface area contributed by atoms with Gasteiger partial charge in [0.2, 0.25) is 0 Å². The van der Waals surface area contributed by atoms with Gasteiger partial charge in [0.25, 0.3) is 9.84 Å². The fourth-order valence-corrected chi connectivity index (χ4v) is 3.68. The first-order chi connectivity index (χ1) is 12.3. The maximum Gasteiger partial charge on any atom is 0.501 e. The van der Waals surface area contributed by atoms with Crippen LogP contribution in [-0.2, 0) is 14.6 Å². The van der Waals surface area contributed by atoms with Crippen molar-refractivity contribution in [1.29, 1.82) is 0 Å². The molecule has 0 atom stereocenters. The highest BCUT2D eigenvalue weighted by Crippen LogP contribution is 2.34. The number of nitrogens with zero attached hydrogens (tertiary/aromatic N) is 1. The van der Waals surface area contributed by atoms with Crippen LogP contribution in [-0.4, -0.2) is 50.5 Å². The molecule has 1 N–H and O–H groups in total. The Morgan fingerprint density at radius 3 is 2.15 bits per heavy atom. The number of piperidine rings is 1. The van der Waals surface area contributed by atoms with E-state index in [1.807, 2.05) is 0 Å². The van der Waals surface area contributed by atoms with Crippen LogP contribution >= 0.6 is 0 Å². The second kappa shape index (κ2) is 7.56. The van der Waals surface area contributed by atoms with Crippen LogP contribution in [0.3, 0.4) is 0 Å². The molecule has 1 aromatic carbocycles. The number of carbonyl (C=O) groups excluding carboxylic acids is 1. The Morgan fingerprint density at radius 2 is 1.63 bits per heavy atom. The van der Waals surface area contributed by atoms with E-state index >= 15 is 0 Å². The molecule has 0 aromatic heterocycles. The molecule has 27 heavy (non-hydrogen) atoms. The van der Waals surface area contributed by atoms with Gasteiger partial charge in [-0.05, 0) is 30.9 Å². The van der Waals surface area contributed by atoms with Gasteiger partial charge in [-0.2, -0.15) is 26.3 Å². The highest BCUT2D eigenvalue weighted by molar-refractivity contribution is 7.92. The van der Waals surface area contributed by atoms with Crippen molar-refractivity contribution in [2.75, 3.05) is 25.0 Å². The molecule has 5 nitrogen and oxygen atoms in total. The number of hydrogen-bond acceptors (Lipinski definition) is 4. The average molecular weight is 418 g/mol. The minimum atomic E-state index is -5.54. The lowest BCUT2D eigenvalue weighted by atomic mass is 9.96. The predicted molar refractivity (Wildman–Crippen MR) is 83.5 cm³/mol. The van der Waals surface area contributed by atoms with Gasteiger partial charge in [-0.1, -0.05) is 12.1 Å². The molecule has 1 aromatic rings. The maximum absolute atomic E-state index is 12.8. The van der Waals surface area contributed by atoms with Crippen LogP contribution in [0.15, 0.2) is 29.2 Å². The molecular weight excluding hydrogens is 402 g/mol. The highest BCUT2D eigenvalue weighted by atomic mass is 32.2. The number of para-hydroxylation sites is 1. The van der Waals surface area contributed by atoms with Crippen molar-refractivity contribution in [3.05, 3.63) is 24.3 Å². The zero-order chi connectivity index (χ0) is 20.5. The Kier molecular flexibility index (Phi) is 5.97. The Labute approximate surface area is 151 Å². The number of amides is 1. The Morgan fingerprint density at radius 1 is 1.07 bits per heavy atom. The summed E-state index contributed by atoms with van der Waals surface area (Å²) in [5, 5.41) is 2.63. The molecule has 0 radical (unpaired) electrons. The number of rotatable bonds is 4. The molecule has 2 rings (SSSR count). The number of hydrogen-bond donors (Lipinski definition) is 1. The first-order valence-corrected chi connectivity index (χ1v) is 9.32. The molecule has 1 heterocycles. The molecular formula is C15H16F6N2O3S. The van der Waals surface area contributed by atoms with Gasteiger partial charge in [0.05, 0.1) is 10.6 Å². The van der Waals surface area contributed by atoms with E-state index < -0.39 is 32.3 Å². The number of halogens is 6. The SMILES string of the molecule is O=C(N1CCC(CNc2ccccc2S(=O)(=O)C(F)(F)F)CC1)C(F)(F)F. The number of nitrogens with one attached hydrogen (secondary N) is 1. The second-order valence-corrected chi connectivity index (χ2v) is 7.97. The Bertz CT molecular complexity index is 783. The summed E-state index contributed by atoms with van der Waals surface area (Å²) >= 11 is 0. The largest absolute Gasteiger partial charge is 0.501 e. The fourth-order valence-electron chi connectivity index (χ4n) is 2.75. The van der Waals surface area contributed by atoms with Crippen LogP contribution in [0.5, 0.6) is 0 Å². The lowest BCUT2D eigenvalue weighted by Crippen LogP contribution is -2.46. The van der Waals surface area contributed by atoms with Crippen LogP contribution in [0.4, 0.5) is 32.0 Å². The molecule has 12 heteroatoms. The van der Waals surface area contributed by atoms with Crippen molar-refractivity contribution in [1.82, 2.24) is 4.90 Å². The van der Waals surface area contributed by atoms with E-state index in [9.17, 15) is 39.6 Å². The summed E-state index contributed by atoms with van der Waals surface area (Å²) in [7, 11) is -5.54. The first-order valence-electron chi connectivity index (χ1n) is 7.84. The van der Waals surface area contributed by atoms with Crippen molar-refractivity contribution in [3.8, 4) is 0 Å². The smallest absolute Gasteiger partial charge is 0.384 e. The lowest BCUT2D eigenvalue weighted by molar-refractivity contribution is -0.186. The second-order valence-electron chi connectivity index (χ2n) is 6.06. The minimum Gasteiger partial charge on any atom is -0.384 e. The molecule has 1 aliphatic heterocycles. The normalized spacial score (nSPS) is 17.0. The topological polar surface area (TPSA) is 66.5 Å². The van der Waals surface area contributed by atoms with Gasteiger partial charge >= 0.3 is 17.6 Å². The van der Waals surface area contributed by atoms with Crippen molar-refractivity contribution < 1.29 is 39.6 Å². The van der Waals surface area contributed by atoms with Crippen LogP contribution in [0, 0.1) is 5.92 Å². The van der Waals surface area contributed by atoms with Crippen LogP contribution in [0.1, 0.15) is 12.8 Å². The molecule has 1 amide bonds. The van der Waals surface area contributed by atoms with Gasteiger partial charge in [0.15, 0.2) is 0 Å². The summed E-state index contributed by atoms with van der Waals surface area (Å²) in [4.78, 5) is 10.9. The van der Waals surface area contributed by atoms with E-state index in [1.54, 1.807) is 0 Å². The zero-order valence-corrected chi connectivity index (χ0v) is 14.6. The Balaban J connectivity index is 2.01. The van der Waals surface area contributed by atoms with Gasteiger partial charge < -0.3 is 10.2 Å². The molecule has 152 valence electrons. The molecule has 1 aliphatic rings. The zero-order valence-electron chi connectivity index (χ0n) is 13.8. The third kappa shape index (κ3) is 4.85. The predicted octanol–water partition coefficient (Wildman–Crippen LogP) is 3.19. The minimum absolute atomic E-state index is 0.0679. The van der Waals surface area contributed by atoms with Crippen molar-refractivity contribution in [3.63, 3.8) is 0 Å². The number of benzene rings is 1. The van der Waals surface area contributed by atoms with E-state index in [-0.39, 0.29) is 44.1 Å². The summed E-state index contributed by atoms with van der Waals surface area (Å²) in [6, 6.07) is 4.53. The Hall–Kier alpha value is -1.98. The lowest BCUT2D eigenvalue weighted by Gasteiger charge is -2.32. The number of sulfone groups is 1. The molecule has 0 aliphatic carbocycles. The average Bonchev–Trinajstić information content (AvgIpc) is 2.58. The van der Waals surface area contributed by atoms with E-state index in [1.165, 1.54) is 12.1 Å². The number of anilines is 1. The van der Waals surface area contributed by atoms with Gasteiger partial charge in [0.1, 0.15) is 0 Å². The van der Waals surface area contributed by atoms with Crippen LogP contribution in [0.25, 0.3) is 0 Å². The van der Waals surface area contributed by atoms with Crippen LogP contribution < -0.4 is 5.32 Å². The van der Waals surface area contributed by atoms with E-state index in [4.69, 9.17) is 0 Å². The quantitative estimate of drug-likeness (QED) is 0.763. The molecule has 0 saturated carbocycles. The maximum atomic E-state index is 12.8. The molecule has 0 spiro atoms. The molecule has 1 fully saturated rings. The van der Waals surface area contributed by atoms with Gasteiger partial charge in [-0.15, -0.1) is 0 Å². The monoisotopic (exact) mass is 418 g/mol. The fraction of sp³-hybridized carbons (Fsp3) is 0.533. The highest BCUT2D eigenvalue weighted by Gasteiger charge is 2.48. The summed E-state index contributed by atoms with van der Waals surface area (Å²) in [5.74, 6) is -2.14. The summed E-state index contributed by atoms with van der Waals surface area (Å²) in [5.41, 5.74) is -5.68. The first kappa shape index (κ1) is 21.3. The van der Waals surface area contributed by atoms with Crippen molar-refractivity contribution in [2.24, 2.45) is 5.92 Å². The van der Waals surface area contributed by atoms with E-state index in [0.29, 0.717) is 4.90 Å². The third-order valence-corrected chi connectivity index (χ3v) is 5.75. The number of likely N-dealkylation sites (tertiary alicyclic amines) is 1. The van der Waals surface area contributed by atoms with Crippen molar-refractivity contribution >= 4 is 21.4 Å². The third-order valence-electron chi connectivity index (χ3n) is 4.21. The summed E-state index contributed by atoms with van der Waals surface area (Å²) < 4.78 is 98.7. The van der Waals surface area contributed by atoms with E-state index in [0.717, 1.165) is 12.1 Å². The van der Waals surface area contributed by atoms with Crippen LogP contribution in [0.2, 0.25) is 0 Å². The van der Waals surface area contributed by atoms with Gasteiger partial charge in [-0.25, -0.2) is 8.42 Å². The standard InChI is InChI=1S/C15H16F6N2O3S/c16-14(17,18)13(24)23-7-5-10(6-8-23)9-22-11-3-1-2-4-12(11)27(25,26)15(19,20)21/h1-4,10,22H,5-9H2. The summed E-state index contributed by atoms with van der Waals surface area (Å²) in [6.07, 6.45) is -4.53. The number of carbonyl (C=O) groups is 1. The molecule has 0 unspecified atom stereocenters. The van der Waals surface area contributed by atoms with E-state index in [2.05, 4.69) is 5.32 Å². The molecule has 1 saturated heterocycles.